The van der Waals surface area contributed by atoms with E-state index in [4.69, 9.17) is 0 Å². The number of carbonyl (C=O) groups is 1. The van der Waals surface area contributed by atoms with Crippen molar-refractivity contribution in [1.29, 1.82) is 0 Å². The first-order valence-corrected chi connectivity index (χ1v) is 7.89. The fourth-order valence-electron chi connectivity index (χ4n) is 5.17. The number of aromatic hydroxyl groups is 1. The van der Waals surface area contributed by atoms with Gasteiger partial charge in [0.15, 0.2) is 0 Å². The van der Waals surface area contributed by atoms with Crippen molar-refractivity contribution in [3.8, 4) is 5.75 Å². The molecule has 0 spiro atoms. The Kier molecular flexibility index (Phi) is 2.95. The molecule has 112 valence electrons. The third-order valence-corrected chi connectivity index (χ3v) is 5.74. The second kappa shape index (κ2) is 4.72. The summed E-state index contributed by atoms with van der Waals surface area (Å²) < 4.78 is 13.8. The molecular weight excluding hydrogens is 269 g/mol. The van der Waals surface area contributed by atoms with Crippen molar-refractivity contribution in [2.75, 3.05) is 5.32 Å². The van der Waals surface area contributed by atoms with Gasteiger partial charge in [-0.05, 0) is 67.9 Å². The molecule has 4 heteroatoms. The van der Waals surface area contributed by atoms with E-state index >= 15 is 0 Å². The monoisotopic (exact) mass is 289 g/mol. The number of hydrogen-bond acceptors (Lipinski definition) is 2. The van der Waals surface area contributed by atoms with Crippen LogP contribution in [0.2, 0.25) is 0 Å². The van der Waals surface area contributed by atoms with Gasteiger partial charge in [0.2, 0.25) is 5.91 Å². The van der Waals surface area contributed by atoms with Crippen LogP contribution in [0.5, 0.6) is 5.75 Å². The third-order valence-electron chi connectivity index (χ3n) is 5.74. The summed E-state index contributed by atoms with van der Waals surface area (Å²) in [5, 5.41) is 12.0. The van der Waals surface area contributed by atoms with Crippen LogP contribution >= 0.6 is 0 Å². The van der Waals surface area contributed by atoms with E-state index in [2.05, 4.69) is 5.32 Å². The van der Waals surface area contributed by atoms with Crippen molar-refractivity contribution < 1.29 is 14.3 Å². The van der Waals surface area contributed by atoms with Crippen molar-refractivity contribution in [1.82, 2.24) is 0 Å². The first-order chi connectivity index (χ1) is 10.1. The highest BCUT2D eigenvalue weighted by molar-refractivity contribution is 5.93. The predicted molar refractivity (Wildman–Crippen MR) is 77.2 cm³/mol. The minimum Gasteiger partial charge on any atom is -0.508 e. The number of anilines is 1. The fourth-order valence-corrected chi connectivity index (χ4v) is 5.17. The van der Waals surface area contributed by atoms with Gasteiger partial charge in [-0.25, -0.2) is 4.39 Å². The molecule has 4 fully saturated rings. The molecule has 1 aromatic carbocycles. The van der Waals surface area contributed by atoms with Crippen LogP contribution in [0.25, 0.3) is 0 Å². The van der Waals surface area contributed by atoms with E-state index in [-0.39, 0.29) is 23.3 Å². The second-order valence-corrected chi connectivity index (χ2v) is 7.11. The van der Waals surface area contributed by atoms with Crippen molar-refractivity contribution >= 4 is 11.6 Å². The summed E-state index contributed by atoms with van der Waals surface area (Å²) in [5.74, 6) is 1.93. The molecular formula is C17H20FNO2. The van der Waals surface area contributed by atoms with E-state index in [1.807, 2.05) is 0 Å². The zero-order valence-corrected chi connectivity index (χ0v) is 11.9. The number of phenols is 1. The minimum atomic E-state index is -0.577. The van der Waals surface area contributed by atoms with Crippen LogP contribution in [-0.4, -0.2) is 11.0 Å². The van der Waals surface area contributed by atoms with Crippen molar-refractivity contribution in [3.05, 3.63) is 24.0 Å². The first-order valence-electron chi connectivity index (χ1n) is 7.89. The molecule has 3 nitrogen and oxygen atoms in total. The molecule has 0 aliphatic heterocycles. The topological polar surface area (TPSA) is 49.3 Å². The van der Waals surface area contributed by atoms with Crippen LogP contribution < -0.4 is 5.32 Å². The van der Waals surface area contributed by atoms with Gasteiger partial charge in [-0.3, -0.25) is 4.79 Å². The number of benzene rings is 1. The molecule has 0 unspecified atom stereocenters. The molecule has 4 aliphatic rings. The highest BCUT2D eigenvalue weighted by Gasteiger charge is 2.50. The summed E-state index contributed by atoms with van der Waals surface area (Å²) in [6.45, 7) is 0. The molecule has 0 saturated heterocycles. The zero-order valence-electron chi connectivity index (χ0n) is 11.9. The molecule has 21 heavy (non-hydrogen) atoms. The number of phenolic OH excluding ortho intramolecular Hbond substituents is 1. The molecule has 4 aliphatic carbocycles. The lowest BCUT2D eigenvalue weighted by molar-refractivity contribution is -0.132. The van der Waals surface area contributed by atoms with Crippen LogP contribution in [0, 0.1) is 35.4 Å². The second-order valence-electron chi connectivity index (χ2n) is 7.11. The summed E-state index contributed by atoms with van der Waals surface area (Å²) in [7, 11) is 0. The quantitative estimate of drug-likeness (QED) is 0.818. The highest BCUT2D eigenvalue weighted by atomic mass is 19.1. The summed E-state index contributed by atoms with van der Waals surface area (Å²) in [4.78, 5) is 12.6. The molecule has 0 heterocycles. The smallest absolute Gasteiger partial charge is 0.228 e. The van der Waals surface area contributed by atoms with Gasteiger partial charge in [0.1, 0.15) is 11.6 Å². The normalized spacial score (nSPS) is 36.7. The summed E-state index contributed by atoms with van der Waals surface area (Å²) >= 11 is 0. The number of rotatable bonds is 2. The SMILES string of the molecule is O=C(Nc1ccc(O)cc1F)C1C2CC3CC(C2)CC1C3. The third kappa shape index (κ3) is 2.21. The van der Waals surface area contributed by atoms with Crippen molar-refractivity contribution in [3.63, 3.8) is 0 Å². The number of hydrogen-bond donors (Lipinski definition) is 2. The number of nitrogens with one attached hydrogen (secondary N) is 1. The Hall–Kier alpha value is -1.58. The van der Waals surface area contributed by atoms with Crippen LogP contribution in [0.1, 0.15) is 32.1 Å². The van der Waals surface area contributed by atoms with Gasteiger partial charge >= 0.3 is 0 Å². The van der Waals surface area contributed by atoms with Crippen LogP contribution in [0.4, 0.5) is 10.1 Å². The maximum atomic E-state index is 13.8. The summed E-state index contributed by atoms with van der Waals surface area (Å²) in [6.07, 6.45) is 6.03. The van der Waals surface area contributed by atoms with Gasteiger partial charge in [0.05, 0.1) is 5.69 Å². The summed E-state index contributed by atoms with van der Waals surface area (Å²) in [6, 6.07) is 3.86. The van der Waals surface area contributed by atoms with Gasteiger partial charge in [-0.1, -0.05) is 0 Å². The van der Waals surface area contributed by atoms with E-state index in [9.17, 15) is 14.3 Å². The van der Waals surface area contributed by atoms with E-state index in [1.54, 1.807) is 0 Å². The van der Waals surface area contributed by atoms with Crippen LogP contribution in [-0.2, 0) is 4.79 Å². The van der Waals surface area contributed by atoms with Crippen LogP contribution in [0.3, 0.4) is 0 Å². The first kappa shape index (κ1) is 13.1. The molecule has 1 amide bonds. The average molecular weight is 289 g/mol. The largest absolute Gasteiger partial charge is 0.508 e. The molecule has 1 aromatic rings. The minimum absolute atomic E-state index is 0.0339. The molecule has 0 radical (unpaired) electrons. The van der Waals surface area contributed by atoms with Crippen molar-refractivity contribution in [2.45, 2.75) is 32.1 Å². The Morgan fingerprint density at radius 1 is 1.10 bits per heavy atom. The van der Waals surface area contributed by atoms with Gasteiger partial charge in [-0.2, -0.15) is 0 Å². The Balaban J connectivity index is 1.52. The predicted octanol–water partition coefficient (Wildman–Crippen LogP) is 3.54. The Bertz CT molecular complexity index is 558. The van der Waals surface area contributed by atoms with E-state index in [0.717, 1.165) is 17.9 Å². The van der Waals surface area contributed by atoms with Gasteiger partial charge < -0.3 is 10.4 Å². The zero-order chi connectivity index (χ0) is 14.6. The Morgan fingerprint density at radius 3 is 2.29 bits per heavy atom. The molecule has 4 bridgehead atoms. The lowest BCUT2D eigenvalue weighted by Crippen LogP contribution is -2.49. The Labute approximate surface area is 123 Å². The van der Waals surface area contributed by atoms with Gasteiger partial charge in [-0.15, -0.1) is 0 Å². The van der Waals surface area contributed by atoms with E-state index in [1.165, 1.54) is 44.2 Å². The van der Waals surface area contributed by atoms with Gasteiger partial charge in [0, 0.05) is 12.0 Å². The summed E-state index contributed by atoms with van der Waals surface area (Å²) in [5.41, 5.74) is 0.173. The van der Waals surface area contributed by atoms with Crippen LogP contribution in [0.15, 0.2) is 18.2 Å². The average Bonchev–Trinajstić information content (AvgIpc) is 2.40. The fraction of sp³-hybridized carbons (Fsp3) is 0.588. The molecule has 5 rings (SSSR count). The van der Waals surface area contributed by atoms with Crippen molar-refractivity contribution in [2.24, 2.45) is 29.6 Å². The van der Waals surface area contributed by atoms with Gasteiger partial charge in [0.25, 0.3) is 0 Å². The van der Waals surface area contributed by atoms with E-state index < -0.39 is 5.82 Å². The highest BCUT2D eigenvalue weighted by Crippen LogP contribution is 2.56. The molecule has 4 saturated carbocycles. The molecule has 0 aromatic heterocycles. The number of halogens is 1. The molecule has 2 N–H and O–H groups in total. The maximum absolute atomic E-state index is 13.8. The lowest BCUT2D eigenvalue weighted by Gasteiger charge is -2.53. The standard InChI is InChI=1S/C17H20FNO2/c18-14-8-13(20)1-2-15(14)19-17(21)16-11-4-9-3-10(6-11)7-12(16)5-9/h1-2,8-12,16,20H,3-7H2,(H,19,21). The van der Waals surface area contributed by atoms with E-state index in [0.29, 0.717) is 11.8 Å². The maximum Gasteiger partial charge on any atom is 0.228 e. The Morgan fingerprint density at radius 2 is 1.71 bits per heavy atom. The lowest BCUT2D eigenvalue weighted by atomic mass is 9.51. The number of carbonyl (C=O) groups excluding carboxylic acids is 1. The number of amides is 1. The molecule has 0 atom stereocenters.